The number of rotatable bonds is 4. The predicted molar refractivity (Wildman–Crippen MR) is 78.5 cm³/mol. The topological polar surface area (TPSA) is 98.1 Å². The zero-order chi connectivity index (χ0) is 14.7. The molecule has 0 unspecified atom stereocenters. The average molecular weight is 271 g/mol. The van der Waals surface area contributed by atoms with Crippen molar-refractivity contribution in [1.29, 1.82) is 0 Å². The van der Waals surface area contributed by atoms with E-state index in [4.69, 9.17) is 11.5 Å². The van der Waals surface area contributed by atoms with E-state index >= 15 is 0 Å². The molecule has 0 aliphatic rings. The molecule has 6 heteroatoms. The minimum Gasteiger partial charge on any atom is -0.382 e. The molecular formula is C14H17N5O. The van der Waals surface area contributed by atoms with Crippen molar-refractivity contribution in [2.45, 2.75) is 6.42 Å². The maximum Gasteiger partial charge on any atom is 0.271 e. The van der Waals surface area contributed by atoms with E-state index < -0.39 is 5.91 Å². The van der Waals surface area contributed by atoms with Gasteiger partial charge in [0.1, 0.15) is 0 Å². The summed E-state index contributed by atoms with van der Waals surface area (Å²) in [4.78, 5) is 21.3. The van der Waals surface area contributed by atoms with Crippen LogP contribution in [0.3, 0.4) is 0 Å². The second-order valence-electron chi connectivity index (χ2n) is 4.70. The van der Waals surface area contributed by atoms with Crippen molar-refractivity contribution in [2.24, 2.45) is 5.73 Å². The molecule has 6 nitrogen and oxygen atoms in total. The maximum atomic E-state index is 11.2. The van der Waals surface area contributed by atoms with E-state index in [-0.39, 0.29) is 11.5 Å². The van der Waals surface area contributed by atoms with Crippen molar-refractivity contribution in [3.8, 4) is 0 Å². The molecule has 4 N–H and O–H groups in total. The van der Waals surface area contributed by atoms with Crippen LogP contribution in [0.4, 0.5) is 11.5 Å². The van der Waals surface area contributed by atoms with Crippen molar-refractivity contribution >= 4 is 17.4 Å². The molecule has 1 heterocycles. The molecule has 20 heavy (non-hydrogen) atoms. The molecule has 0 saturated heterocycles. The first kappa shape index (κ1) is 13.8. The molecule has 104 valence electrons. The molecule has 1 aromatic heterocycles. The van der Waals surface area contributed by atoms with E-state index in [0.29, 0.717) is 12.1 Å². The number of primary amides is 1. The molecule has 0 aliphatic heterocycles. The fourth-order valence-electron chi connectivity index (χ4n) is 1.82. The normalized spacial score (nSPS) is 10.3. The van der Waals surface area contributed by atoms with Gasteiger partial charge in [0.05, 0.1) is 11.9 Å². The highest BCUT2D eigenvalue weighted by atomic mass is 16.1. The lowest BCUT2D eigenvalue weighted by Gasteiger charge is -2.12. The number of anilines is 2. The lowest BCUT2D eigenvalue weighted by atomic mass is 10.1. The Morgan fingerprint density at radius 3 is 2.45 bits per heavy atom. The first-order valence-corrected chi connectivity index (χ1v) is 6.15. The molecule has 0 bridgehead atoms. The van der Waals surface area contributed by atoms with Crippen LogP contribution in [0.5, 0.6) is 0 Å². The summed E-state index contributed by atoms with van der Waals surface area (Å²) in [6, 6.07) is 8.07. The molecule has 0 aliphatic carbocycles. The minimum atomic E-state index is -0.667. The molecule has 0 atom stereocenters. The highest BCUT2D eigenvalue weighted by molar-refractivity contribution is 5.94. The quantitative estimate of drug-likeness (QED) is 0.857. The standard InChI is InChI=1S/C14H17N5O/c1-19(2)11-5-3-9(4-6-11)7-10-8-17-13(15)12(18-10)14(16)20/h3-6,8H,7H2,1-2H3,(H2,15,17)(H2,16,20). The number of hydrogen-bond donors (Lipinski definition) is 2. The molecule has 0 radical (unpaired) electrons. The smallest absolute Gasteiger partial charge is 0.271 e. The largest absolute Gasteiger partial charge is 0.382 e. The lowest BCUT2D eigenvalue weighted by molar-refractivity contribution is 0.0996. The third kappa shape index (κ3) is 3.03. The highest BCUT2D eigenvalue weighted by Crippen LogP contribution is 2.15. The van der Waals surface area contributed by atoms with Crippen molar-refractivity contribution in [3.63, 3.8) is 0 Å². The van der Waals surface area contributed by atoms with Gasteiger partial charge >= 0.3 is 0 Å². The molecule has 0 spiro atoms. The Kier molecular flexibility index (Phi) is 3.84. The first-order valence-electron chi connectivity index (χ1n) is 6.15. The number of aromatic nitrogens is 2. The Morgan fingerprint density at radius 2 is 1.90 bits per heavy atom. The van der Waals surface area contributed by atoms with Gasteiger partial charge in [0.15, 0.2) is 11.5 Å². The number of carbonyl (C=O) groups is 1. The molecule has 2 aromatic rings. The van der Waals surface area contributed by atoms with Crippen molar-refractivity contribution in [2.75, 3.05) is 24.7 Å². The summed E-state index contributed by atoms with van der Waals surface area (Å²) in [5.74, 6) is -0.607. The van der Waals surface area contributed by atoms with Crippen LogP contribution in [-0.4, -0.2) is 30.0 Å². The monoisotopic (exact) mass is 271 g/mol. The van der Waals surface area contributed by atoms with Gasteiger partial charge < -0.3 is 16.4 Å². The van der Waals surface area contributed by atoms with E-state index in [2.05, 4.69) is 9.97 Å². The van der Waals surface area contributed by atoms with Crippen LogP contribution < -0.4 is 16.4 Å². The zero-order valence-corrected chi connectivity index (χ0v) is 11.5. The van der Waals surface area contributed by atoms with Crippen LogP contribution in [0.1, 0.15) is 21.7 Å². The zero-order valence-electron chi connectivity index (χ0n) is 11.5. The van der Waals surface area contributed by atoms with Crippen LogP contribution in [0.15, 0.2) is 30.5 Å². The summed E-state index contributed by atoms with van der Waals surface area (Å²) in [6.45, 7) is 0. The van der Waals surface area contributed by atoms with Gasteiger partial charge in [0.25, 0.3) is 5.91 Å². The number of nitrogens with zero attached hydrogens (tertiary/aromatic N) is 3. The summed E-state index contributed by atoms with van der Waals surface area (Å²) in [5.41, 5.74) is 13.6. The van der Waals surface area contributed by atoms with Gasteiger partial charge in [0.2, 0.25) is 0 Å². The summed E-state index contributed by atoms with van der Waals surface area (Å²) < 4.78 is 0. The molecule has 0 fully saturated rings. The van der Waals surface area contributed by atoms with Crippen LogP contribution in [-0.2, 0) is 6.42 Å². The third-order valence-electron chi connectivity index (χ3n) is 2.92. The number of nitrogens with two attached hydrogens (primary N) is 2. The third-order valence-corrected chi connectivity index (χ3v) is 2.92. The molecule has 1 aromatic carbocycles. The van der Waals surface area contributed by atoms with Gasteiger partial charge in [-0.15, -0.1) is 0 Å². The van der Waals surface area contributed by atoms with Crippen LogP contribution in [0.2, 0.25) is 0 Å². The van der Waals surface area contributed by atoms with Crippen molar-refractivity contribution in [1.82, 2.24) is 9.97 Å². The van der Waals surface area contributed by atoms with Gasteiger partial charge in [0, 0.05) is 26.2 Å². The Balaban J connectivity index is 2.21. The first-order chi connectivity index (χ1) is 9.47. The Bertz CT molecular complexity index is 622. The molecule has 2 rings (SSSR count). The average Bonchev–Trinajstić information content (AvgIpc) is 2.41. The Hall–Kier alpha value is -2.63. The summed E-state index contributed by atoms with van der Waals surface area (Å²) >= 11 is 0. The maximum absolute atomic E-state index is 11.2. The molecule has 0 saturated carbocycles. The Labute approximate surface area is 117 Å². The molecular weight excluding hydrogens is 254 g/mol. The number of amides is 1. The van der Waals surface area contributed by atoms with Crippen molar-refractivity contribution in [3.05, 3.63) is 47.4 Å². The van der Waals surface area contributed by atoms with E-state index in [9.17, 15) is 4.79 Å². The van der Waals surface area contributed by atoms with Gasteiger partial charge in [-0.1, -0.05) is 12.1 Å². The number of carbonyl (C=O) groups excluding carboxylic acids is 1. The molecule has 1 amide bonds. The van der Waals surface area contributed by atoms with Crippen LogP contribution >= 0.6 is 0 Å². The fraction of sp³-hybridized carbons (Fsp3) is 0.214. The fourth-order valence-corrected chi connectivity index (χ4v) is 1.82. The van der Waals surface area contributed by atoms with Gasteiger partial charge in [-0.05, 0) is 17.7 Å². The van der Waals surface area contributed by atoms with Gasteiger partial charge in [-0.3, -0.25) is 4.79 Å². The second kappa shape index (κ2) is 5.56. The van der Waals surface area contributed by atoms with E-state index in [1.165, 1.54) is 0 Å². The lowest BCUT2D eigenvalue weighted by Crippen LogP contribution is -2.17. The predicted octanol–water partition coefficient (Wildman–Crippen LogP) is 0.815. The SMILES string of the molecule is CN(C)c1ccc(Cc2cnc(N)c(C(N)=O)n2)cc1. The minimum absolute atomic E-state index is 0.0208. The number of benzene rings is 1. The number of nitrogen functional groups attached to an aromatic ring is 1. The highest BCUT2D eigenvalue weighted by Gasteiger charge is 2.10. The van der Waals surface area contributed by atoms with Gasteiger partial charge in [-0.25, -0.2) is 9.97 Å². The van der Waals surface area contributed by atoms with Crippen LogP contribution in [0.25, 0.3) is 0 Å². The Morgan fingerprint density at radius 1 is 1.25 bits per heavy atom. The van der Waals surface area contributed by atoms with E-state index in [1.807, 2.05) is 43.3 Å². The summed E-state index contributed by atoms with van der Waals surface area (Å²) in [7, 11) is 3.97. The van der Waals surface area contributed by atoms with E-state index in [0.717, 1.165) is 11.3 Å². The summed E-state index contributed by atoms with van der Waals surface area (Å²) in [6.07, 6.45) is 2.13. The summed E-state index contributed by atoms with van der Waals surface area (Å²) in [5, 5.41) is 0. The van der Waals surface area contributed by atoms with Crippen LogP contribution in [0, 0.1) is 0 Å². The van der Waals surface area contributed by atoms with E-state index in [1.54, 1.807) is 6.20 Å². The van der Waals surface area contributed by atoms with Crippen molar-refractivity contribution < 1.29 is 4.79 Å². The van der Waals surface area contributed by atoms with Gasteiger partial charge in [-0.2, -0.15) is 0 Å². The second-order valence-corrected chi connectivity index (χ2v) is 4.70. The number of hydrogen-bond acceptors (Lipinski definition) is 5.